The zero-order valence-electron chi connectivity index (χ0n) is 11.9. The number of benzene rings is 2. The number of halogens is 7. The van der Waals surface area contributed by atoms with Crippen molar-refractivity contribution in [2.24, 2.45) is 0 Å². The van der Waals surface area contributed by atoms with Gasteiger partial charge in [-0.1, -0.05) is 0 Å². The maximum atomic E-state index is 13.7. The summed E-state index contributed by atoms with van der Waals surface area (Å²) in [5, 5.41) is 1.99. The third kappa shape index (κ3) is 3.19. The Morgan fingerprint density at radius 2 is 1.38 bits per heavy atom. The average Bonchev–Trinajstić information content (AvgIpc) is 2.51. The number of alkyl halides is 3. The molecule has 0 aliphatic rings. The van der Waals surface area contributed by atoms with Gasteiger partial charge in [0.15, 0.2) is 23.3 Å². The van der Waals surface area contributed by atoms with Crippen LogP contribution in [0.3, 0.4) is 0 Å². The van der Waals surface area contributed by atoms with Gasteiger partial charge in [0.25, 0.3) is 5.91 Å². The molecule has 2 nitrogen and oxygen atoms in total. The number of carbonyl (C=O) groups is 1. The fraction of sp³-hybridized carbons (Fsp3) is 0.133. The van der Waals surface area contributed by atoms with E-state index in [2.05, 4.69) is 0 Å². The van der Waals surface area contributed by atoms with Crippen LogP contribution in [0.4, 0.5) is 36.4 Å². The second-order valence-corrected chi connectivity index (χ2v) is 4.79. The van der Waals surface area contributed by atoms with Crippen molar-refractivity contribution in [1.29, 1.82) is 0 Å². The van der Waals surface area contributed by atoms with E-state index in [0.29, 0.717) is 12.1 Å². The van der Waals surface area contributed by atoms with Gasteiger partial charge in [-0.3, -0.25) is 4.79 Å². The molecule has 1 N–H and O–H groups in total. The van der Waals surface area contributed by atoms with Crippen molar-refractivity contribution in [3.05, 3.63) is 64.2 Å². The molecule has 24 heavy (non-hydrogen) atoms. The lowest BCUT2D eigenvalue weighted by molar-refractivity contribution is -0.137. The Morgan fingerprint density at radius 1 is 0.875 bits per heavy atom. The highest BCUT2D eigenvalue weighted by Crippen LogP contribution is 2.30. The maximum Gasteiger partial charge on any atom is 0.416 e. The minimum absolute atomic E-state index is 0.169. The van der Waals surface area contributed by atoms with E-state index >= 15 is 0 Å². The lowest BCUT2D eigenvalue weighted by Crippen LogP contribution is -2.18. The van der Waals surface area contributed by atoms with Crippen LogP contribution in [0.25, 0.3) is 0 Å². The Hall–Kier alpha value is -2.58. The van der Waals surface area contributed by atoms with Crippen molar-refractivity contribution in [2.45, 2.75) is 13.1 Å². The summed E-state index contributed by atoms with van der Waals surface area (Å²) >= 11 is 0. The number of anilines is 1. The highest BCUT2D eigenvalue weighted by atomic mass is 19.4. The second kappa shape index (κ2) is 6.14. The lowest BCUT2D eigenvalue weighted by atomic mass is 10.1. The summed E-state index contributed by atoms with van der Waals surface area (Å²) in [7, 11) is 0. The van der Waals surface area contributed by atoms with Crippen molar-refractivity contribution < 1.29 is 35.5 Å². The summed E-state index contributed by atoms with van der Waals surface area (Å²) in [4.78, 5) is 11.9. The first-order valence-electron chi connectivity index (χ1n) is 6.35. The predicted molar refractivity (Wildman–Crippen MR) is 70.4 cm³/mol. The van der Waals surface area contributed by atoms with E-state index in [0.717, 1.165) is 19.1 Å². The molecular weight excluding hydrogens is 343 g/mol. The Bertz CT molecular complexity index is 768. The fourth-order valence-electron chi connectivity index (χ4n) is 1.95. The van der Waals surface area contributed by atoms with Gasteiger partial charge in [-0.25, -0.2) is 17.6 Å². The molecule has 0 spiro atoms. The van der Waals surface area contributed by atoms with E-state index in [9.17, 15) is 35.5 Å². The van der Waals surface area contributed by atoms with Gasteiger partial charge in [0, 0.05) is 11.3 Å². The van der Waals surface area contributed by atoms with E-state index in [4.69, 9.17) is 0 Å². The fourth-order valence-corrected chi connectivity index (χ4v) is 1.95. The van der Waals surface area contributed by atoms with Crippen LogP contribution >= 0.6 is 0 Å². The molecule has 0 heterocycles. The van der Waals surface area contributed by atoms with E-state index in [1.165, 1.54) is 0 Å². The first kappa shape index (κ1) is 17.8. The van der Waals surface area contributed by atoms with E-state index in [-0.39, 0.29) is 5.69 Å². The first-order valence-corrected chi connectivity index (χ1v) is 6.35. The summed E-state index contributed by atoms with van der Waals surface area (Å²) in [6.45, 7) is 0.864. The Balaban J connectivity index is 2.34. The smallest absolute Gasteiger partial charge is 0.322 e. The quantitative estimate of drug-likeness (QED) is 0.469. The van der Waals surface area contributed by atoms with Crippen LogP contribution in [-0.4, -0.2) is 5.91 Å². The minimum Gasteiger partial charge on any atom is -0.322 e. The second-order valence-electron chi connectivity index (χ2n) is 4.79. The van der Waals surface area contributed by atoms with Crippen molar-refractivity contribution >= 4 is 11.6 Å². The maximum absolute atomic E-state index is 13.7. The molecule has 0 radical (unpaired) electrons. The molecule has 2 aromatic carbocycles. The average molecular weight is 351 g/mol. The minimum atomic E-state index is -4.59. The number of rotatable bonds is 2. The van der Waals surface area contributed by atoms with Crippen LogP contribution in [0.1, 0.15) is 21.5 Å². The zero-order chi connectivity index (χ0) is 18.2. The summed E-state index contributed by atoms with van der Waals surface area (Å²) in [5.41, 5.74) is -3.00. The third-order valence-electron chi connectivity index (χ3n) is 3.20. The van der Waals surface area contributed by atoms with Gasteiger partial charge in [-0.2, -0.15) is 13.2 Å². The van der Waals surface area contributed by atoms with Crippen LogP contribution in [0.5, 0.6) is 0 Å². The van der Waals surface area contributed by atoms with Gasteiger partial charge in [0.2, 0.25) is 0 Å². The van der Waals surface area contributed by atoms with Gasteiger partial charge in [-0.05, 0) is 31.2 Å². The predicted octanol–water partition coefficient (Wildman–Crippen LogP) is 4.82. The molecule has 0 aliphatic carbocycles. The topological polar surface area (TPSA) is 29.1 Å². The molecule has 0 saturated carbocycles. The molecule has 0 aliphatic heterocycles. The molecule has 128 valence electrons. The number of amides is 1. The number of nitrogens with one attached hydrogen (secondary N) is 1. The zero-order valence-corrected chi connectivity index (χ0v) is 11.9. The summed E-state index contributed by atoms with van der Waals surface area (Å²) in [5.74, 6) is -9.17. The molecule has 0 bridgehead atoms. The van der Waals surface area contributed by atoms with Crippen molar-refractivity contribution in [2.75, 3.05) is 5.32 Å². The molecule has 0 saturated heterocycles. The lowest BCUT2D eigenvalue weighted by Gasteiger charge is -2.12. The summed E-state index contributed by atoms with van der Waals surface area (Å²) < 4.78 is 90.7. The Labute approximate surface area is 130 Å². The van der Waals surface area contributed by atoms with Crippen LogP contribution in [0.15, 0.2) is 24.3 Å². The van der Waals surface area contributed by atoms with E-state index in [1.54, 1.807) is 0 Å². The molecule has 1 amide bonds. The molecule has 0 atom stereocenters. The summed E-state index contributed by atoms with van der Waals surface area (Å²) in [6.07, 6.45) is -4.59. The monoisotopic (exact) mass is 351 g/mol. The Morgan fingerprint density at radius 3 is 1.88 bits per heavy atom. The van der Waals surface area contributed by atoms with Gasteiger partial charge < -0.3 is 5.32 Å². The third-order valence-corrected chi connectivity index (χ3v) is 3.20. The Kier molecular flexibility index (Phi) is 4.54. The molecule has 0 aromatic heterocycles. The van der Waals surface area contributed by atoms with Gasteiger partial charge in [0.05, 0.1) is 11.1 Å². The first-order chi connectivity index (χ1) is 11.0. The van der Waals surface area contributed by atoms with Crippen molar-refractivity contribution in [3.8, 4) is 0 Å². The molecule has 0 unspecified atom stereocenters. The number of carbonyl (C=O) groups excluding carboxylic acids is 1. The molecule has 2 rings (SSSR count). The molecule has 9 heteroatoms. The van der Waals surface area contributed by atoms with Crippen LogP contribution in [0, 0.1) is 30.2 Å². The van der Waals surface area contributed by atoms with Crippen molar-refractivity contribution in [3.63, 3.8) is 0 Å². The summed E-state index contributed by atoms with van der Waals surface area (Å²) in [6, 6.07) is 3.07. The molecular formula is C15H8F7NO. The molecule has 2 aromatic rings. The van der Waals surface area contributed by atoms with Crippen LogP contribution in [-0.2, 0) is 6.18 Å². The highest BCUT2D eigenvalue weighted by Gasteiger charge is 2.30. The normalized spacial score (nSPS) is 11.5. The standard InChI is InChI=1S/C15H8F7NO/c1-6-9(11(17)13(19)12(18)10(6)16)14(24)23-8-4-2-7(3-5-8)15(20,21)22/h2-5H,1H3,(H,23,24). The largest absolute Gasteiger partial charge is 0.416 e. The van der Waals surface area contributed by atoms with Gasteiger partial charge >= 0.3 is 6.18 Å². The van der Waals surface area contributed by atoms with Crippen molar-refractivity contribution in [1.82, 2.24) is 0 Å². The van der Waals surface area contributed by atoms with Crippen LogP contribution < -0.4 is 5.32 Å². The van der Waals surface area contributed by atoms with E-state index in [1.807, 2.05) is 5.32 Å². The molecule has 0 fully saturated rings. The van der Waals surface area contributed by atoms with Gasteiger partial charge in [0.1, 0.15) is 0 Å². The number of hydrogen-bond acceptors (Lipinski definition) is 1. The SMILES string of the molecule is Cc1c(F)c(F)c(F)c(F)c1C(=O)Nc1ccc(C(F)(F)F)cc1. The highest BCUT2D eigenvalue weighted by molar-refractivity contribution is 6.05. The van der Waals surface area contributed by atoms with Gasteiger partial charge in [-0.15, -0.1) is 0 Å². The van der Waals surface area contributed by atoms with Crippen LogP contribution in [0.2, 0.25) is 0 Å². The van der Waals surface area contributed by atoms with E-state index < -0.39 is 52.0 Å². The number of hydrogen-bond donors (Lipinski definition) is 1.